The van der Waals surface area contributed by atoms with Crippen molar-refractivity contribution in [2.24, 2.45) is 5.92 Å². The summed E-state index contributed by atoms with van der Waals surface area (Å²) in [6.45, 7) is 0.319. The topological polar surface area (TPSA) is 66.1 Å². The maximum absolute atomic E-state index is 12.4. The molecule has 1 aromatic carbocycles. The Labute approximate surface area is 128 Å². The van der Waals surface area contributed by atoms with Gasteiger partial charge in [0, 0.05) is 13.0 Å². The second-order valence-electron chi connectivity index (χ2n) is 5.71. The fraction of sp³-hybridized carbons (Fsp3) is 0.353. The van der Waals surface area contributed by atoms with Crippen LogP contribution in [0.2, 0.25) is 0 Å². The number of H-pyrrole nitrogens is 1. The summed E-state index contributed by atoms with van der Waals surface area (Å²) >= 11 is 0. The van der Waals surface area contributed by atoms with E-state index in [-0.39, 0.29) is 17.4 Å². The molecule has 1 aliphatic carbocycles. The SMILES string of the molecule is CN(Cc1nc2ccccc2c(=O)[nH]1)C(=O)C1CC=CCC1. The van der Waals surface area contributed by atoms with Gasteiger partial charge in [-0.2, -0.15) is 0 Å². The number of benzene rings is 1. The maximum Gasteiger partial charge on any atom is 0.258 e. The van der Waals surface area contributed by atoms with E-state index >= 15 is 0 Å². The van der Waals surface area contributed by atoms with E-state index < -0.39 is 0 Å². The lowest BCUT2D eigenvalue weighted by molar-refractivity contribution is -0.135. The first-order chi connectivity index (χ1) is 10.6. The third kappa shape index (κ3) is 2.93. The number of carbonyl (C=O) groups is 1. The number of hydrogen-bond donors (Lipinski definition) is 1. The van der Waals surface area contributed by atoms with Crippen LogP contribution in [0.1, 0.15) is 25.1 Å². The fourth-order valence-electron chi connectivity index (χ4n) is 2.84. The van der Waals surface area contributed by atoms with E-state index in [0.29, 0.717) is 23.3 Å². The number of carbonyl (C=O) groups excluding carboxylic acids is 1. The van der Waals surface area contributed by atoms with Crippen LogP contribution in [0.3, 0.4) is 0 Å². The zero-order chi connectivity index (χ0) is 15.5. The molecule has 22 heavy (non-hydrogen) atoms. The highest BCUT2D eigenvalue weighted by Crippen LogP contribution is 2.20. The summed E-state index contributed by atoms with van der Waals surface area (Å²) in [5.41, 5.74) is 0.491. The second-order valence-corrected chi connectivity index (χ2v) is 5.71. The van der Waals surface area contributed by atoms with E-state index in [1.165, 1.54) is 0 Å². The lowest BCUT2D eigenvalue weighted by Gasteiger charge is -2.24. The number of nitrogens with one attached hydrogen (secondary N) is 1. The molecule has 3 rings (SSSR count). The van der Waals surface area contributed by atoms with Crippen LogP contribution >= 0.6 is 0 Å². The number of rotatable bonds is 3. The number of aromatic amines is 1. The number of aromatic nitrogens is 2. The van der Waals surface area contributed by atoms with E-state index in [0.717, 1.165) is 19.3 Å². The van der Waals surface area contributed by atoms with Gasteiger partial charge in [-0.05, 0) is 31.4 Å². The molecular formula is C17H19N3O2. The molecule has 0 spiro atoms. The van der Waals surface area contributed by atoms with Crippen molar-refractivity contribution in [1.82, 2.24) is 14.9 Å². The number of allylic oxidation sites excluding steroid dienone is 2. The summed E-state index contributed by atoms with van der Waals surface area (Å²) in [4.78, 5) is 33.3. The highest BCUT2D eigenvalue weighted by molar-refractivity contribution is 5.79. The molecule has 2 aromatic rings. The minimum atomic E-state index is -0.165. The molecule has 114 valence electrons. The zero-order valence-corrected chi connectivity index (χ0v) is 12.6. The quantitative estimate of drug-likeness (QED) is 0.884. The summed E-state index contributed by atoms with van der Waals surface area (Å²) in [5, 5.41) is 0.567. The molecule has 1 aromatic heterocycles. The first-order valence-corrected chi connectivity index (χ1v) is 7.53. The highest BCUT2D eigenvalue weighted by Gasteiger charge is 2.22. The highest BCUT2D eigenvalue weighted by atomic mass is 16.2. The maximum atomic E-state index is 12.4. The van der Waals surface area contributed by atoms with Crippen LogP contribution in [-0.4, -0.2) is 27.8 Å². The van der Waals surface area contributed by atoms with Gasteiger partial charge < -0.3 is 9.88 Å². The standard InChI is InChI=1S/C17H19N3O2/c1-20(17(22)12-7-3-2-4-8-12)11-15-18-14-10-6-5-9-13(14)16(21)19-15/h2-3,5-6,9-10,12H,4,7-8,11H2,1H3,(H,18,19,21). The smallest absolute Gasteiger partial charge is 0.258 e. The second kappa shape index (κ2) is 6.13. The lowest BCUT2D eigenvalue weighted by atomic mass is 9.93. The summed E-state index contributed by atoms with van der Waals surface area (Å²) in [5.74, 6) is 0.674. The zero-order valence-electron chi connectivity index (χ0n) is 12.6. The molecule has 0 aliphatic heterocycles. The van der Waals surface area contributed by atoms with E-state index in [9.17, 15) is 9.59 Å². The molecule has 5 nitrogen and oxygen atoms in total. The van der Waals surface area contributed by atoms with Crippen LogP contribution in [0, 0.1) is 5.92 Å². The van der Waals surface area contributed by atoms with E-state index in [1.54, 1.807) is 18.0 Å². The van der Waals surface area contributed by atoms with Crippen molar-refractivity contribution in [2.75, 3.05) is 7.05 Å². The third-order valence-electron chi connectivity index (χ3n) is 4.04. The summed E-state index contributed by atoms with van der Waals surface area (Å²) in [6, 6.07) is 7.21. The summed E-state index contributed by atoms with van der Waals surface area (Å²) in [7, 11) is 1.76. The van der Waals surface area contributed by atoms with E-state index in [1.807, 2.05) is 18.2 Å². The van der Waals surface area contributed by atoms with Crippen LogP contribution in [0.4, 0.5) is 0 Å². The van der Waals surface area contributed by atoms with E-state index in [2.05, 4.69) is 22.1 Å². The molecule has 0 bridgehead atoms. The molecule has 0 saturated heterocycles. The van der Waals surface area contributed by atoms with Gasteiger partial charge in [0.2, 0.25) is 5.91 Å². The summed E-state index contributed by atoms with van der Waals surface area (Å²) in [6.07, 6.45) is 6.82. The first kappa shape index (κ1) is 14.5. The van der Waals surface area contributed by atoms with Crippen molar-refractivity contribution in [3.05, 3.63) is 52.6 Å². The Morgan fingerprint density at radius 1 is 1.36 bits per heavy atom. The Morgan fingerprint density at radius 2 is 2.18 bits per heavy atom. The molecule has 1 amide bonds. The molecule has 1 heterocycles. The summed E-state index contributed by atoms with van der Waals surface area (Å²) < 4.78 is 0. The predicted molar refractivity (Wildman–Crippen MR) is 85.3 cm³/mol. The first-order valence-electron chi connectivity index (χ1n) is 7.53. The molecule has 1 aliphatic rings. The monoisotopic (exact) mass is 297 g/mol. The normalized spacial score (nSPS) is 17.6. The van der Waals surface area contributed by atoms with Gasteiger partial charge in [0.05, 0.1) is 17.4 Å². The van der Waals surface area contributed by atoms with Crippen LogP contribution < -0.4 is 5.56 Å². The number of fused-ring (bicyclic) bond motifs is 1. The van der Waals surface area contributed by atoms with Gasteiger partial charge in [-0.25, -0.2) is 4.98 Å². The van der Waals surface area contributed by atoms with Gasteiger partial charge in [0.1, 0.15) is 5.82 Å². The van der Waals surface area contributed by atoms with Gasteiger partial charge in [-0.1, -0.05) is 24.3 Å². The number of hydrogen-bond acceptors (Lipinski definition) is 3. The molecule has 1 atom stereocenters. The Bertz CT molecular complexity index is 779. The van der Waals surface area contributed by atoms with Gasteiger partial charge >= 0.3 is 0 Å². The lowest BCUT2D eigenvalue weighted by Crippen LogP contribution is -2.34. The van der Waals surface area contributed by atoms with Gasteiger partial charge in [-0.15, -0.1) is 0 Å². The van der Waals surface area contributed by atoms with Crippen molar-refractivity contribution in [1.29, 1.82) is 0 Å². The minimum Gasteiger partial charge on any atom is -0.338 e. The van der Waals surface area contributed by atoms with Crippen LogP contribution in [0.15, 0.2) is 41.2 Å². The molecule has 1 unspecified atom stereocenters. The average Bonchev–Trinajstić information content (AvgIpc) is 2.55. The molecular weight excluding hydrogens is 278 g/mol. The van der Waals surface area contributed by atoms with Crippen molar-refractivity contribution in [3.63, 3.8) is 0 Å². The Kier molecular flexibility index (Phi) is 4.04. The molecule has 0 radical (unpaired) electrons. The van der Waals surface area contributed by atoms with Crippen LogP contribution in [-0.2, 0) is 11.3 Å². The minimum absolute atomic E-state index is 0.0437. The van der Waals surface area contributed by atoms with Crippen molar-refractivity contribution >= 4 is 16.8 Å². The number of amides is 1. The predicted octanol–water partition coefficient (Wildman–Crippen LogP) is 2.24. The molecule has 5 heteroatoms. The Balaban J connectivity index is 1.79. The van der Waals surface area contributed by atoms with Gasteiger partial charge in [0.25, 0.3) is 5.56 Å². The fourth-order valence-corrected chi connectivity index (χ4v) is 2.84. The van der Waals surface area contributed by atoms with Crippen LogP contribution in [0.5, 0.6) is 0 Å². The number of nitrogens with zero attached hydrogens (tertiary/aromatic N) is 2. The molecule has 0 fully saturated rings. The van der Waals surface area contributed by atoms with E-state index in [4.69, 9.17) is 0 Å². The largest absolute Gasteiger partial charge is 0.338 e. The molecule has 0 saturated carbocycles. The van der Waals surface area contributed by atoms with Crippen molar-refractivity contribution in [2.45, 2.75) is 25.8 Å². The number of para-hydroxylation sites is 1. The molecule has 1 N–H and O–H groups in total. The van der Waals surface area contributed by atoms with Gasteiger partial charge in [0.15, 0.2) is 0 Å². The van der Waals surface area contributed by atoms with Gasteiger partial charge in [-0.3, -0.25) is 9.59 Å². The Morgan fingerprint density at radius 3 is 2.95 bits per heavy atom. The van der Waals surface area contributed by atoms with Crippen molar-refractivity contribution < 1.29 is 4.79 Å². The average molecular weight is 297 g/mol. The van der Waals surface area contributed by atoms with Crippen LogP contribution in [0.25, 0.3) is 10.9 Å². The van der Waals surface area contributed by atoms with Crippen molar-refractivity contribution in [3.8, 4) is 0 Å². The third-order valence-corrected chi connectivity index (χ3v) is 4.04. The Hall–Kier alpha value is -2.43.